The average Bonchev–Trinajstić information content (AvgIpc) is 3.31. The van der Waals surface area contributed by atoms with Crippen molar-refractivity contribution in [2.75, 3.05) is 10.8 Å². The molecule has 0 saturated heterocycles. The van der Waals surface area contributed by atoms with Crippen molar-refractivity contribution < 1.29 is 13.2 Å². The van der Waals surface area contributed by atoms with Crippen molar-refractivity contribution in [2.24, 2.45) is 5.10 Å². The second-order valence-electron chi connectivity index (χ2n) is 8.71. The van der Waals surface area contributed by atoms with Gasteiger partial charge in [0.2, 0.25) is 0 Å². The molecule has 5 rings (SSSR count). The summed E-state index contributed by atoms with van der Waals surface area (Å²) in [5, 5.41) is 6.88. The van der Waals surface area contributed by atoms with Crippen LogP contribution < -0.4 is 9.73 Å². The van der Waals surface area contributed by atoms with E-state index in [4.69, 9.17) is 11.6 Å². The van der Waals surface area contributed by atoms with E-state index < -0.39 is 22.5 Å². The molecule has 0 bridgehead atoms. The first-order valence-electron chi connectivity index (χ1n) is 11.5. The molecule has 4 aromatic carbocycles. The maximum Gasteiger partial charge on any atom is 0.264 e. The summed E-state index contributed by atoms with van der Waals surface area (Å²) >= 11 is 6.27. The molecule has 1 N–H and O–H groups in total. The molecule has 0 aromatic heterocycles. The van der Waals surface area contributed by atoms with Crippen molar-refractivity contribution in [2.45, 2.75) is 24.7 Å². The summed E-state index contributed by atoms with van der Waals surface area (Å²) in [5.74, 6) is -0.576. The van der Waals surface area contributed by atoms with E-state index in [0.717, 1.165) is 33.7 Å². The average molecular weight is 518 g/mol. The third-order valence-corrected chi connectivity index (χ3v) is 8.56. The first-order valence-corrected chi connectivity index (χ1v) is 13.4. The van der Waals surface area contributed by atoms with Gasteiger partial charge in [-0.2, -0.15) is 5.10 Å². The molecule has 4 aromatic rings. The zero-order valence-corrected chi connectivity index (χ0v) is 21.2. The normalized spacial score (nSPS) is 12.8. The molecule has 0 heterocycles. The molecule has 0 saturated carbocycles. The number of aryl methyl sites for hydroxylation is 3. The Bertz CT molecular complexity index is 1590. The van der Waals surface area contributed by atoms with Gasteiger partial charge < -0.3 is 0 Å². The fraction of sp³-hybridized carbons (Fsp3) is 0.143. The van der Waals surface area contributed by atoms with E-state index in [1.807, 2.05) is 25.1 Å². The van der Waals surface area contributed by atoms with Gasteiger partial charge in [-0.25, -0.2) is 13.8 Å². The molecule has 182 valence electrons. The van der Waals surface area contributed by atoms with Gasteiger partial charge in [-0.15, -0.1) is 0 Å². The van der Waals surface area contributed by atoms with Crippen molar-refractivity contribution in [3.63, 3.8) is 0 Å². The fourth-order valence-electron chi connectivity index (χ4n) is 4.49. The van der Waals surface area contributed by atoms with Crippen LogP contribution >= 0.6 is 11.6 Å². The van der Waals surface area contributed by atoms with Crippen LogP contribution in [0.2, 0.25) is 5.02 Å². The van der Waals surface area contributed by atoms with Crippen LogP contribution in [0.3, 0.4) is 0 Å². The maximum atomic E-state index is 13.4. The number of halogens is 1. The molecule has 0 atom stereocenters. The predicted octanol–water partition coefficient (Wildman–Crippen LogP) is 5.25. The Labute approximate surface area is 215 Å². The number of hydrogen-bond donors (Lipinski definition) is 1. The van der Waals surface area contributed by atoms with Crippen LogP contribution in [0.1, 0.15) is 22.3 Å². The summed E-state index contributed by atoms with van der Waals surface area (Å²) in [5.41, 5.74) is 7.10. The summed E-state index contributed by atoms with van der Waals surface area (Å²) in [7, 11) is -4.03. The second-order valence-corrected chi connectivity index (χ2v) is 11.0. The first kappa shape index (κ1) is 24.0. The summed E-state index contributed by atoms with van der Waals surface area (Å²) in [6, 6.07) is 23.2. The van der Waals surface area contributed by atoms with Gasteiger partial charge in [-0.3, -0.25) is 9.10 Å². The third-order valence-electron chi connectivity index (χ3n) is 6.37. The Balaban J connectivity index is 1.40. The number of nitrogens with one attached hydrogen (secondary N) is 1. The van der Waals surface area contributed by atoms with E-state index in [9.17, 15) is 13.2 Å². The van der Waals surface area contributed by atoms with Gasteiger partial charge in [0.05, 0.1) is 16.8 Å². The van der Waals surface area contributed by atoms with E-state index in [0.29, 0.717) is 10.7 Å². The van der Waals surface area contributed by atoms with Gasteiger partial charge in [-0.05, 0) is 71.5 Å². The molecule has 0 spiro atoms. The lowest BCUT2D eigenvalue weighted by Crippen LogP contribution is -2.39. The van der Waals surface area contributed by atoms with Crippen LogP contribution in [0.5, 0.6) is 0 Å². The lowest BCUT2D eigenvalue weighted by molar-refractivity contribution is -0.119. The van der Waals surface area contributed by atoms with Crippen molar-refractivity contribution >= 4 is 50.2 Å². The molecule has 36 heavy (non-hydrogen) atoms. The molecule has 0 fully saturated rings. The molecule has 0 unspecified atom stereocenters. The van der Waals surface area contributed by atoms with Gasteiger partial charge in [0, 0.05) is 10.6 Å². The molecule has 8 heteroatoms. The minimum atomic E-state index is -4.03. The Morgan fingerprint density at radius 2 is 1.75 bits per heavy atom. The van der Waals surface area contributed by atoms with Gasteiger partial charge in [0.1, 0.15) is 6.54 Å². The number of amides is 1. The van der Waals surface area contributed by atoms with Gasteiger partial charge in [0.25, 0.3) is 15.9 Å². The topological polar surface area (TPSA) is 78.8 Å². The number of anilines is 1. The molecule has 6 nitrogen and oxygen atoms in total. The van der Waals surface area contributed by atoms with E-state index in [1.165, 1.54) is 28.6 Å². The van der Waals surface area contributed by atoms with Crippen molar-refractivity contribution in [3.8, 4) is 0 Å². The highest BCUT2D eigenvalue weighted by atomic mass is 35.5. The Morgan fingerprint density at radius 1 is 1.00 bits per heavy atom. The summed E-state index contributed by atoms with van der Waals surface area (Å²) in [6.07, 6.45) is 3.65. The molecular formula is C28H24ClN3O3S. The number of carbonyl (C=O) groups is 1. The number of benzene rings is 4. The highest BCUT2D eigenvalue weighted by Crippen LogP contribution is 2.32. The minimum Gasteiger partial charge on any atom is -0.271 e. The summed E-state index contributed by atoms with van der Waals surface area (Å²) in [6.45, 7) is 1.36. The van der Waals surface area contributed by atoms with Gasteiger partial charge >= 0.3 is 0 Å². The minimum absolute atomic E-state index is 0.0749. The number of hydrazone groups is 1. The van der Waals surface area contributed by atoms with Crippen LogP contribution in [0.15, 0.2) is 88.9 Å². The number of nitrogens with zero attached hydrogens (tertiary/aromatic N) is 2. The quantitative estimate of drug-likeness (QED) is 0.269. The summed E-state index contributed by atoms with van der Waals surface area (Å²) in [4.78, 5) is 12.9. The van der Waals surface area contributed by atoms with Crippen molar-refractivity contribution in [1.82, 2.24) is 5.43 Å². The number of rotatable bonds is 7. The highest BCUT2D eigenvalue weighted by molar-refractivity contribution is 7.92. The Kier molecular flexibility index (Phi) is 6.51. The lowest BCUT2D eigenvalue weighted by Gasteiger charge is -2.24. The van der Waals surface area contributed by atoms with Crippen molar-refractivity contribution in [1.29, 1.82) is 0 Å². The van der Waals surface area contributed by atoms with E-state index in [1.54, 1.807) is 42.6 Å². The smallest absolute Gasteiger partial charge is 0.264 e. The molecule has 0 aliphatic heterocycles. The van der Waals surface area contributed by atoms with Gasteiger partial charge in [0.15, 0.2) is 0 Å². The number of sulfonamides is 1. The lowest BCUT2D eigenvalue weighted by atomic mass is 10.0. The van der Waals surface area contributed by atoms with Crippen LogP contribution in [-0.2, 0) is 27.7 Å². The molecule has 0 radical (unpaired) electrons. The molecular weight excluding hydrogens is 494 g/mol. The second kappa shape index (κ2) is 9.76. The first-order chi connectivity index (χ1) is 17.3. The molecule has 1 aliphatic rings. The monoisotopic (exact) mass is 517 g/mol. The standard InChI is InChI=1S/C28H24ClN3O3S/c1-19-10-15-23(16-26(19)29)32(36(34,35)24-7-3-2-4-8-24)18-27(33)31-30-17-22-14-13-21-12-11-20-6-5-9-25(22)28(20)21/h2-10,13-17H,11-12,18H2,1H3,(H,31,33). The Hall–Kier alpha value is -3.68. The van der Waals surface area contributed by atoms with Crippen LogP contribution in [0, 0.1) is 6.92 Å². The largest absolute Gasteiger partial charge is 0.271 e. The van der Waals surface area contributed by atoms with Crippen molar-refractivity contribution in [3.05, 3.63) is 106 Å². The molecule has 1 amide bonds. The SMILES string of the molecule is Cc1ccc(N(CC(=O)NN=Cc2ccc3c4c(cccc24)CC3)S(=O)(=O)c2ccccc2)cc1Cl. The number of hydrogen-bond acceptors (Lipinski definition) is 4. The highest BCUT2D eigenvalue weighted by Gasteiger charge is 2.27. The van der Waals surface area contributed by atoms with E-state index in [2.05, 4.69) is 22.7 Å². The van der Waals surface area contributed by atoms with Crippen LogP contribution in [-0.4, -0.2) is 27.1 Å². The molecule has 1 aliphatic carbocycles. The maximum absolute atomic E-state index is 13.4. The summed E-state index contributed by atoms with van der Waals surface area (Å²) < 4.78 is 27.9. The fourth-order valence-corrected chi connectivity index (χ4v) is 6.10. The Morgan fingerprint density at radius 3 is 2.50 bits per heavy atom. The van der Waals surface area contributed by atoms with Crippen LogP contribution in [0.4, 0.5) is 5.69 Å². The zero-order chi connectivity index (χ0) is 25.3. The number of carbonyl (C=O) groups excluding carboxylic acids is 1. The third kappa shape index (κ3) is 4.59. The van der Waals surface area contributed by atoms with Gasteiger partial charge in [-0.1, -0.05) is 66.2 Å². The van der Waals surface area contributed by atoms with E-state index in [-0.39, 0.29) is 4.90 Å². The zero-order valence-electron chi connectivity index (χ0n) is 19.6. The predicted molar refractivity (Wildman–Crippen MR) is 144 cm³/mol. The van der Waals surface area contributed by atoms with E-state index >= 15 is 0 Å². The van der Waals surface area contributed by atoms with Crippen LogP contribution in [0.25, 0.3) is 10.8 Å².